The van der Waals surface area contributed by atoms with Crippen LogP contribution < -0.4 is 0 Å². The lowest BCUT2D eigenvalue weighted by Gasteiger charge is -2.10. The molecule has 14 heavy (non-hydrogen) atoms. The number of halogens is 2. The zero-order valence-electron chi connectivity index (χ0n) is 7.67. The van der Waals surface area contributed by atoms with Crippen molar-refractivity contribution in [2.75, 3.05) is 6.61 Å². The summed E-state index contributed by atoms with van der Waals surface area (Å²) < 4.78 is 5.63. The molecule has 0 aromatic heterocycles. The molecule has 1 aromatic carbocycles. The highest BCUT2D eigenvalue weighted by atomic mass is 79.9. The molecule has 1 rings (SSSR count). The van der Waals surface area contributed by atoms with Gasteiger partial charge in [-0.2, -0.15) is 0 Å². The third kappa shape index (κ3) is 2.72. The van der Waals surface area contributed by atoms with Gasteiger partial charge in [-0.1, -0.05) is 34.1 Å². The Labute approximate surface area is 96.3 Å². The Kier molecular flexibility index (Phi) is 4.42. The zero-order valence-corrected chi connectivity index (χ0v) is 10.0. The Morgan fingerprint density at radius 3 is 2.79 bits per heavy atom. The molecular formula is C10H10BrClO2. The predicted octanol–water partition coefficient (Wildman–Crippen LogP) is 3.29. The van der Waals surface area contributed by atoms with Crippen molar-refractivity contribution in [1.82, 2.24) is 0 Å². The normalized spacial score (nSPS) is 12.2. The van der Waals surface area contributed by atoms with Crippen molar-refractivity contribution in [3.8, 4) is 0 Å². The smallest absolute Gasteiger partial charge is 0.328 e. The number of alkyl halides is 1. The summed E-state index contributed by atoms with van der Waals surface area (Å²) in [6, 6.07) is 7.32. The van der Waals surface area contributed by atoms with Crippen LogP contribution >= 0.6 is 27.5 Å². The van der Waals surface area contributed by atoms with Gasteiger partial charge in [-0.15, -0.1) is 11.6 Å². The van der Waals surface area contributed by atoms with Gasteiger partial charge >= 0.3 is 5.97 Å². The van der Waals surface area contributed by atoms with E-state index < -0.39 is 11.3 Å². The predicted molar refractivity (Wildman–Crippen MR) is 59.4 cm³/mol. The maximum absolute atomic E-state index is 11.3. The van der Waals surface area contributed by atoms with E-state index in [1.807, 2.05) is 18.2 Å². The minimum Gasteiger partial charge on any atom is -0.465 e. The minimum absolute atomic E-state index is 0.340. The SMILES string of the molecule is CCOC(=O)C(Cl)c1ccccc1Br. The summed E-state index contributed by atoms with van der Waals surface area (Å²) in [5.74, 6) is -0.416. The third-order valence-electron chi connectivity index (χ3n) is 1.67. The van der Waals surface area contributed by atoms with Crippen LogP contribution in [0, 0.1) is 0 Å². The molecule has 0 saturated heterocycles. The van der Waals surface area contributed by atoms with Gasteiger partial charge in [0, 0.05) is 4.47 Å². The van der Waals surface area contributed by atoms with E-state index in [0.717, 1.165) is 10.0 Å². The second-order valence-electron chi connectivity index (χ2n) is 2.64. The Morgan fingerprint density at radius 1 is 1.57 bits per heavy atom. The van der Waals surface area contributed by atoms with Crippen molar-refractivity contribution in [2.45, 2.75) is 12.3 Å². The van der Waals surface area contributed by atoms with Gasteiger partial charge in [0.25, 0.3) is 0 Å². The molecule has 2 nitrogen and oxygen atoms in total. The lowest BCUT2D eigenvalue weighted by Crippen LogP contribution is -2.11. The summed E-state index contributed by atoms with van der Waals surface area (Å²) in [7, 11) is 0. The first kappa shape index (κ1) is 11.5. The molecular weight excluding hydrogens is 267 g/mol. The summed E-state index contributed by atoms with van der Waals surface area (Å²) >= 11 is 9.26. The lowest BCUT2D eigenvalue weighted by molar-refractivity contribution is -0.142. The number of hydrogen-bond acceptors (Lipinski definition) is 2. The highest BCUT2D eigenvalue weighted by Gasteiger charge is 2.20. The number of esters is 1. The Morgan fingerprint density at radius 2 is 2.21 bits per heavy atom. The van der Waals surface area contributed by atoms with E-state index in [4.69, 9.17) is 16.3 Å². The van der Waals surface area contributed by atoms with Crippen LogP contribution in [0.1, 0.15) is 17.9 Å². The molecule has 1 aromatic rings. The van der Waals surface area contributed by atoms with Gasteiger partial charge in [0.1, 0.15) is 0 Å². The van der Waals surface area contributed by atoms with Crippen LogP contribution in [0.3, 0.4) is 0 Å². The quantitative estimate of drug-likeness (QED) is 0.626. The van der Waals surface area contributed by atoms with E-state index in [1.165, 1.54) is 0 Å². The molecule has 0 amide bonds. The molecule has 0 fully saturated rings. The van der Waals surface area contributed by atoms with Gasteiger partial charge < -0.3 is 4.74 Å². The van der Waals surface area contributed by atoms with Gasteiger partial charge in [0.15, 0.2) is 5.38 Å². The fourth-order valence-electron chi connectivity index (χ4n) is 1.02. The second kappa shape index (κ2) is 5.37. The van der Waals surface area contributed by atoms with Crippen LogP contribution in [0.15, 0.2) is 28.7 Å². The number of hydrogen-bond donors (Lipinski definition) is 0. The molecule has 0 radical (unpaired) electrons. The molecule has 1 atom stereocenters. The van der Waals surface area contributed by atoms with Crippen LogP contribution in [0.2, 0.25) is 0 Å². The summed E-state index contributed by atoms with van der Waals surface area (Å²) in [5.41, 5.74) is 0.729. The van der Waals surface area contributed by atoms with Crippen molar-refractivity contribution in [1.29, 1.82) is 0 Å². The molecule has 0 N–H and O–H groups in total. The maximum atomic E-state index is 11.3. The molecule has 76 valence electrons. The van der Waals surface area contributed by atoms with Gasteiger partial charge in [-0.3, -0.25) is 4.79 Å². The molecule has 0 saturated carbocycles. The zero-order chi connectivity index (χ0) is 10.6. The lowest BCUT2D eigenvalue weighted by atomic mass is 10.1. The number of rotatable bonds is 3. The Bertz CT molecular complexity index is 328. The van der Waals surface area contributed by atoms with Crippen LogP contribution in [-0.4, -0.2) is 12.6 Å². The molecule has 0 bridgehead atoms. The molecule has 0 aliphatic heterocycles. The van der Waals surface area contributed by atoms with Crippen LogP contribution in [0.5, 0.6) is 0 Å². The first-order valence-corrected chi connectivity index (χ1v) is 5.45. The van der Waals surface area contributed by atoms with E-state index in [2.05, 4.69) is 15.9 Å². The van der Waals surface area contributed by atoms with Crippen molar-refractivity contribution in [2.24, 2.45) is 0 Å². The van der Waals surface area contributed by atoms with Gasteiger partial charge in [-0.05, 0) is 18.6 Å². The minimum atomic E-state index is -0.745. The van der Waals surface area contributed by atoms with E-state index in [1.54, 1.807) is 13.0 Å². The molecule has 0 aliphatic rings. The second-order valence-corrected chi connectivity index (χ2v) is 3.93. The van der Waals surface area contributed by atoms with Crippen molar-refractivity contribution in [3.63, 3.8) is 0 Å². The largest absolute Gasteiger partial charge is 0.465 e. The van der Waals surface area contributed by atoms with Crippen LogP contribution in [-0.2, 0) is 9.53 Å². The number of ether oxygens (including phenoxy) is 1. The Hall–Kier alpha value is -0.540. The van der Waals surface area contributed by atoms with Crippen LogP contribution in [0.4, 0.5) is 0 Å². The third-order valence-corrected chi connectivity index (χ3v) is 2.81. The van der Waals surface area contributed by atoms with Crippen molar-refractivity contribution >= 4 is 33.5 Å². The van der Waals surface area contributed by atoms with Gasteiger partial charge in [0.05, 0.1) is 6.61 Å². The highest BCUT2D eigenvalue weighted by Crippen LogP contribution is 2.28. The average molecular weight is 278 g/mol. The topological polar surface area (TPSA) is 26.3 Å². The van der Waals surface area contributed by atoms with Gasteiger partial charge in [-0.25, -0.2) is 0 Å². The average Bonchev–Trinajstić information content (AvgIpc) is 2.18. The molecule has 0 aliphatic carbocycles. The number of carbonyl (C=O) groups excluding carboxylic acids is 1. The fraction of sp³-hybridized carbons (Fsp3) is 0.300. The van der Waals surface area contributed by atoms with Crippen LogP contribution in [0.25, 0.3) is 0 Å². The first-order valence-electron chi connectivity index (χ1n) is 4.22. The van der Waals surface area contributed by atoms with Crippen molar-refractivity contribution in [3.05, 3.63) is 34.3 Å². The standard InChI is InChI=1S/C10H10BrClO2/c1-2-14-10(13)9(12)7-5-3-4-6-8(7)11/h3-6,9H,2H2,1H3. The van der Waals surface area contributed by atoms with E-state index in [9.17, 15) is 4.79 Å². The molecule has 0 heterocycles. The summed E-state index contributed by atoms with van der Waals surface area (Å²) in [6.07, 6.45) is 0. The van der Waals surface area contributed by atoms with E-state index in [-0.39, 0.29) is 0 Å². The molecule has 1 unspecified atom stereocenters. The summed E-state index contributed by atoms with van der Waals surface area (Å²) in [5, 5.41) is -0.745. The van der Waals surface area contributed by atoms with Gasteiger partial charge in [0.2, 0.25) is 0 Å². The molecule has 4 heteroatoms. The highest BCUT2D eigenvalue weighted by molar-refractivity contribution is 9.10. The Balaban J connectivity index is 2.84. The summed E-state index contributed by atoms with van der Waals surface area (Å²) in [4.78, 5) is 11.3. The summed E-state index contributed by atoms with van der Waals surface area (Å²) in [6.45, 7) is 2.09. The monoisotopic (exact) mass is 276 g/mol. The maximum Gasteiger partial charge on any atom is 0.328 e. The number of carbonyl (C=O) groups is 1. The fourth-order valence-corrected chi connectivity index (χ4v) is 1.92. The van der Waals surface area contributed by atoms with E-state index >= 15 is 0 Å². The van der Waals surface area contributed by atoms with E-state index in [0.29, 0.717) is 6.61 Å². The molecule has 0 spiro atoms. The first-order chi connectivity index (χ1) is 6.66. The number of benzene rings is 1. The van der Waals surface area contributed by atoms with Crippen molar-refractivity contribution < 1.29 is 9.53 Å².